The summed E-state index contributed by atoms with van der Waals surface area (Å²) in [6, 6.07) is 5.72. The van der Waals surface area contributed by atoms with Crippen molar-refractivity contribution in [3.8, 4) is 0 Å². The van der Waals surface area contributed by atoms with Crippen molar-refractivity contribution in [1.29, 1.82) is 0 Å². The number of nitrogens with zero attached hydrogens (tertiary/aromatic N) is 2. The molecular formula is C12H12F3N3O. The molecule has 2 rings (SSSR count). The van der Waals surface area contributed by atoms with Gasteiger partial charge < -0.3 is 9.73 Å². The molecule has 19 heavy (non-hydrogen) atoms. The molecule has 0 aliphatic heterocycles. The van der Waals surface area contributed by atoms with Crippen molar-refractivity contribution in [2.45, 2.75) is 26.6 Å². The Kier molecular flexibility index (Phi) is 3.46. The molecule has 1 aromatic carbocycles. The summed E-state index contributed by atoms with van der Waals surface area (Å²) in [6.45, 7) is 3.86. The Hall–Kier alpha value is -2.05. The molecule has 0 unspecified atom stereocenters. The number of benzene rings is 1. The third-order valence-electron chi connectivity index (χ3n) is 2.61. The maximum Gasteiger partial charge on any atom is 0.470 e. The maximum absolute atomic E-state index is 12.3. The zero-order chi connectivity index (χ0) is 14.0. The van der Waals surface area contributed by atoms with Crippen molar-refractivity contribution in [3.63, 3.8) is 0 Å². The number of para-hydroxylation sites is 1. The number of rotatable bonds is 3. The fourth-order valence-corrected chi connectivity index (χ4v) is 1.70. The highest BCUT2D eigenvalue weighted by Crippen LogP contribution is 2.28. The van der Waals surface area contributed by atoms with Crippen molar-refractivity contribution >= 4 is 5.69 Å². The normalized spacial score (nSPS) is 11.6. The van der Waals surface area contributed by atoms with Crippen LogP contribution in [0.15, 0.2) is 22.6 Å². The van der Waals surface area contributed by atoms with Gasteiger partial charge in [0.1, 0.15) is 0 Å². The van der Waals surface area contributed by atoms with E-state index < -0.39 is 12.1 Å². The summed E-state index contributed by atoms with van der Waals surface area (Å²) in [5, 5.41) is 9.32. The molecule has 0 saturated heterocycles. The molecule has 0 radical (unpaired) electrons. The topological polar surface area (TPSA) is 51.0 Å². The van der Waals surface area contributed by atoms with Crippen LogP contribution in [0.1, 0.15) is 22.9 Å². The van der Waals surface area contributed by atoms with Gasteiger partial charge in [0.15, 0.2) is 0 Å². The van der Waals surface area contributed by atoms with E-state index in [1.165, 1.54) is 0 Å². The molecule has 2 aromatic rings. The van der Waals surface area contributed by atoms with Gasteiger partial charge in [-0.05, 0) is 25.0 Å². The molecular weight excluding hydrogens is 259 g/mol. The third-order valence-corrected chi connectivity index (χ3v) is 2.61. The van der Waals surface area contributed by atoms with Gasteiger partial charge in [0, 0.05) is 5.69 Å². The molecule has 4 nitrogen and oxygen atoms in total. The first-order chi connectivity index (χ1) is 8.88. The Balaban J connectivity index is 2.09. The minimum atomic E-state index is -4.61. The van der Waals surface area contributed by atoms with E-state index in [2.05, 4.69) is 19.9 Å². The molecule has 102 valence electrons. The predicted molar refractivity (Wildman–Crippen MR) is 62.5 cm³/mol. The van der Waals surface area contributed by atoms with Crippen LogP contribution in [0.5, 0.6) is 0 Å². The van der Waals surface area contributed by atoms with E-state index in [4.69, 9.17) is 0 Å². The van der Waals surface area contributed by atoms with E-state index in [1.54, 1.807) is 0 Å². The quantitative estimate of drug-likeness (QED) is 0.930. The monoisotopic (exact) mass is 271 g/mol. The fourth-order valence-electron chi connectivity index (χ4n) is 1.70. The molecule has 0 aliphatic rings. The van der Waals surface area contributed by atoms with Crippen molar-refractivity contribution in [2.24, 2.45) is 0 Å². The summed E-state index contributed by atoms with van der Waals surface area (Å²) in [4.78, 5) is 0. The molecule has 0 spiro atoms. The van der Waals surface area contributed by atoms with E-state index in [9.17, 15) is 13.2 Å². The number of aryl methyl sites for hydroxylation is 2. The molecule has 0 fully saturated rings. The molecule has 0 aliphatic carbocycles. The van der Waals surface area contributed by atoms with Gasteiger partial charge in [-0.15, -0.1) is 10.2 Å². The average Bonchev–Trinajstić information content (AvgIpc) is 2.77. The van der Waals surface area contributed by atoms with Crippen LogP contribution in [0.4, 0.5) is 18.9 Å². The van der Waals surface area contributed by atoms with Crippen LogP contribution in [0.2, 0.25) is 0 Å². The minimum Gasteiger partial charge on any atom is -0.415 e. The van der Waals surface area contributed by atoms with Crippen LogP contribution >= 0.6 is 0 Å². The highest BCUT2D eigenvalue weighted by molar-refractivity contribution is 5.56. The lowest BCUT2D eigenvalue weighted by Crippen LogP contribution is -2.05. The van der Waals surface area contributed by atoms with Crippen LogP contribution in [0.25, 0.3) is 0 Å². The molecule has 1 N–H and O–H groups in total. The number of aromatic nitrogens is 2. The molecule has 0 saturated carbocycles. The predicted octanol–water partition coefficient (Wildman–Crippen LogP) is 3.32. The second kappa shape index (κ2) is 4.91. The van der Waals surface area contributed by atoms with Gasteiger partial charge in [0.05, 0.1) is 6.54 Å². The molecule has 1 heterocycles. The van der Waals surface area contributed by atoms with Crippen LogP contribution in [-0.4, -0.2) is 10.2 Å². The summed E-state index contributed by atoms with van der Waals surface area (Å²) >= 11 is 0. The summed E-state index contributed by atoms with van der Waals surface area (Å²) in [7, 11) is 0. The average molecular weight is 271 g/mol. The summed E-state index contributed by atoms with van der Waals surface area (Å²) in [5.74, 6) is -1.43. The Morgan fingerprint density at radius 3 is 2.32 bits per heavy atom. The zero-order valence-electron chi connectivity index (χ0n) is 10.4. The zero-order valence-corrected chi connectivity index (χ0v) is 10.4. The van der Waals surface area contributed by atoms with Crippen LogP contribution < -0.4 is 5.32 Å². The Labute approximate surface area is 107 Å². The van der Waals surface area contributed by atoms with Crippen molar-refractivity contribution in [1.82, 2.24) is 10.2 Å². The maximum atomic E-state index is 12.3. The SMILES string of the molecule is Cc1cccc(C)c1NCc1nnc(C(F)(F)F)o1. The van der Waals surface area contributed by atoms with Gasteiger partial charge in [0.2, 0.25) is 5.89 Å². The standard InChI is InChI=1S/C12H12F3N3O/c1-7-4-3-5-8(2)10(7)16-6-9-17-18-11(19-9)12(13,14)15/h3-5,16H,6H2,1-2H3. The Morgan fingerprint density at radius 1 is 1.16 bits per heavy atom. The fraction of sp³-hybridized carbons (Fsp3) is 0.333. The van der Waals surface area contributed by atoms with Crippen LogP contribution in [-0.2, 0) is 12.7 Å². The number of hydrogen-bond donors (Lipinski definition) is 1. The number of anilines is 1. The first-order valence-electron chi connectivity index (χ1n) is 5.57. The van der Waals surface area contributed by atoms with E-state index in [0.717, 1.165) is 16.8 Å². The smallest absolute Gasteiger partial charge is 0.415 e. The largest absolute Gasteiger partial charge is 0.470 e. The molecule has 0 amide bonds. The van der Waals surface area contributed by atoms with Crippen LogP contribution in [0.3, 0.4) is 0 Å². The minimum absolute atomic E-state index is 0.0504. The molecule has 0 atom stereocenters. The van der Waals surface area contributed by atoms with Crippen molar-refractivity contribution in [3.05, 3.63) is 41.1 Å². The highest BCUT2D eigenvalue weighted by Gasteiger charge is 2.38. The summed E-state index contributed by atoms with van der Waals surface area (Å²) < 4.78 is 41.4. The lowest BCUT2D eigenvalue weighted by molar-refractivity contribution is -0.157. The number of nitrogens with one attached hydrogen (secondary N) is 1. The van der Waals surface area contributed by atoms with Gasteiger partial charge >= 0.3 is 12.1 Å². The van der Waals surface area contributed by atoms with Gasteiger partial charge in [-0.1, -0.05) is 18.2 Å². The molecule has 7 heteroatoms. The number of hydrogen-bond acceptors (Lipinski definition) is 4. The lowest BCUT2D eigenvalue weighted by atomic mass is 10.1. The summed E-state index contributed by atoms with van der Waals surface area (Å²) in [5.41, 5.74) is 2.85. The first-order valence-corrected chi connectivity index (χ1v) is 5.57. The summed E-state index contributed by atoms with van der Waals surface area (Å²) in [6.07, 6.45) is -4.61. The Morgan fingerprint density at radius 2 is 1.79 bits per heavy atom. The highest BCUT2D eigenvalue weighted by atomic mass is 19.4. The van der Waals surface area contributed by atoms with Gasteiger partial charge in [-0.3, -0.25) is 0 Å². The van der Waals surface area contributed by atoms with E-state index in [-0.39, 0.29) is 12.4 Å². The molecule has 1 aromatic heterocycles. The Bertz CT molecular complexity index is 558. The van der Waals surface area contributed by atoms with Gasteiger partial charge in [-0.25, -0.2) is 0 Å². The van der Waals surface area contributed by atoms with Crippen LogP contribution in [0, 0.1) is 13.8 Å². The van der Waals surface area contributed by atoms with Crippen molar-refractivity contribution < 1.29 is 17.6 Å². The third kappa shape index (κ3) is 3.04. The van der Waals surface area contributed by atoms with E-state index >= 15 is 0 Å². The second-order valence-corrected chi connectivity index (χ2v) is 4.12. The number of halogens is 3. The van der Waals surface area contributed by atoms with E-state index in [1.807, 2.05) is 32.0 Å². The van der Waals surface area contributed by atoms with E-state index in [0.29, 0.717) is 0 Å². The molecule has 0 bridgehead atoms. The first kappa shape index (κ1) is 13.4. The van der Waals surface area contributed by atoms with Crippen molar-refractivity contribution in [2.75, 3.05) is 5.32 Å². The van der Waals surface area contributed by atoms with Gasteiger partial charge in [-0.2, -0.15) is 13.2 Å². The number of alkyl halides is 3. The lowest BCUT2D eigenvalue weighted by Gasteiger charge is -2.10. The van der Waals surface area contributed by atoms with Gasteiger partial charge in [0.25, 0.3) is 0 Å². The second-order valence-electron chi connectivity index (χ2n) is 4.12.